The third-order valence-corrected chi connectivity index (χ3v) is 6.34. The Morgan fingerprint density at radius 3 is 1.41 bits per heavy atom. The van der Waals surface area contributed by atoms with Gasteiger partial charge in [0.2, 0.25) is 5.91 Å². The Morgan fingerprint density at radius 1 is 0.523 bits per heavy atom. The number of nitrogens with one attached hydrogen (secondary N) is 4. The molecule has 0 bridgehead atoms. The zero-order valence-electron chi connectivity index (χ0n) is 24.7. The van der Waals surface area contributed by atoms with Crippen LogP contribution in [0.2, 0.25) is 0 Å². The van der Waals surface area contributed by atoms with Gasteiger partial charge in [-0.25, -0.2) is 14.4 Å². The lowest BCUT2D eigenvalue weighted by molar-refractivity contribution is -0.121. The number of benzene rings is 3. The summed E-state index contributed by atoms with van der Waals surface area (Å²) in [4.78, 5) is 49.0. The standard InChI is InChI=1S/C33H40N4O7/c38-30(34-20-11-21-36-32(40)43-24-27-14-6-2-7-15-27)22-29(37-33(41)44-25-28-16-8-3-9-17-28)18-10-19-35-31(39)42-23-26-12-4-1-5-13-26/h1-9,12-17,29H,10-11,18-25H2,(H,34,38)(H,35,39)(H,36,40)(H,37,41). The zero-order valence-corrected chi connectivity index (χ0v) is 24.7. The van der Waals surface area contributed by atoms with E-state index in [2.05, 4.69) is 21.3 Å². The molecule has 4 N–H and O–H groups in total. The van der Waals surface area contributed by atoms with Gasteiger partial charge in [-0.05, 0) is 36.0 Å². The van der Waals surface area contributed by atoms with Crippen LogP contribution in [0.15, 0.2) is 91.0 Å². The first kappa shape index (κ1) is 33.4. The second-order valence-corrected chi connectivity index (χ2v) is 9.93. The van der Waals surface area contributed by atoms with Gasteiger partial charge in [0.05, 0.1) is 0 Å². The Bertz CT molecular complexity index is 1280. The third-order valence-electron chi connectivity index (χ3n) is 6.34. The van der Waals surface area contributed by atoms with Crippen molar-refractivity contribution in [3.8, 4) is 0 Å². The van der Waals surface area contributed by atoms with Crippen LogP contribution in [0, 0.1) is 0 Å². The van der Waals surface area contributed by atoms with E-state index in [4.69, 9.17) is 14.2 Å². The number of alkyl carbamates (subject to hydrolysis) is 3. The van der Waals surface area contributed by atoms with E-state index in [9.17, 15) is 19.2 Å². The molecule has 1 unspecified atom stereocenters. The maximum atomic E-state index is 12.6. The molecule has 4 amide bonds. The topological polar surface area (TPSA) is 144 Å². The molecule has 11 heteroatoms. The zero-order chi connectivity index (χ0) is 31.2. The molecule has 0 aromatic heterocycles. The number of hydrogen-bond donors (Lipinski definition) is 4. The summed E-state index contributed by atoms with van der Waals surface area (Å²) in [5.41, 5.74) is 2.61. The summed E-state index contributed by atoms with van der Waals surface area (Å²) >= 11 is 0. The average molecular weight is 605 g/mol. The van der Waals surface area contributed by atoms with Gasteiger partial charge in [-0.3, -0.25) is 4.79 Å². The van der Waals surface area contributed by atoms with Crippen molar-refractivity contribution in [3.63, 3.8) is 0 Å². The van der Waals surface area contributed by atoms with Gasteiger partial charge in [0.1, 0.15) is 19.8 Å². The Labute approximate surface area is 257 Å². The van der Waals surface area contributed by atoms with E-state index in [1.54, 1.807) is 0 Å². The molecule has 44 heavy (non-hydrogen) atoms. The van der Waals surface area contributed by atoms with Crippen LogP contribution in [0.1, 0.15) is 42.4 Å². The van der Waals surface area contributed by atoms with E-state index >= 15 is 0 Å². The van der Waals surface area contributed by atoms with Crippen molar-refractivity contribution in [2.75, 3.05) is 19.6 Å². The van der Waals surface area contributed by atoms with Gasteiger partial charge >= 0.3 is 18.3 Å². The fraction of sp³-hybridized carbons (Fsp3) is 0.333. The highest BCUT2D eigenvalue weighted by Gasteiger charge is 2.17. The Morgan fingerprint density at radius 2 is 0.932 bits per heavy atom. The van der Waals surface area contributed by atoms with E-state index in [1.807, 2.05) is 91.0 Å². The molecular formula is C33H40N4O7. The van der Waals surface area contributed by atoms with Gasteiger partial charge < -0.3 is 35.5 Å². The molecule has 234 valence electrons. The molecule has 0 aliphatic carbocycles. The maximum absolute atomic E-state index is 12.6. The summed E-state index contributed by atoms with van der Waals surface area (Å²) in [6, 6.07) is 27.5. The molecule has 0 radical (unpaired) electrons. The minimum Gasteiger partial charge on any atom is -0.445 e. The summed E-state index contributed by atoms with van der Waals surface area (Å²) in [7, 11) is 0. The number of carbonyl (C=O) groups excluding carboxylic acids is 4. The number of carbonyl (C=O) groups is 4. The molecule has 11 nitrogen and oxygen atoms in total. The fourth-order valence-corrected chi connectivity index (χ4v) is 4.05. The third kappa shape index (κ3) is 14.7. The molecule has 0 spiro atoms. The predicted molar refractivity (Wildman–Crippen MR) is 164 cm³/mol. The first-order chi connectivity index (χ1) is 21.5. The van der Waals surface area contributed by atoms with Gasteiger partial charge in [0.15, 0.2) is 0 Å². The number of ether oxygens (including phenoxy) is 3. The number of rotatable bonds is 17. The van der Waals surface area contributed by atoms with Crippen LogP contribution in [-0.4, -0.2) is 49.9 Å². The quantitative estimate of drug-likeness (QED) is 0.128. The fourth-order valence-electron chi connectivity index (χ4n) is 4.05. The highest BCUT2D eigenvalue weighted by Crippen LogP contribution is 2.06. The molecule has 0 heterocycles. The van der Waals surface area contributed by atoms with Crippen molar-refractivity contribution in [1.29, 1.82) is 0 Å². The highest BCUT2D eigenvalue weighted by atomic mass is 16.6. The highest BCUT2D eigenvalue weighted by molar-refractivity contribution is 5.77. The first-order valence-electron chi connectivity index (χ1n) is 14.6. The molecule has 0 aliphatic heterocycles. The molecule has 3 rings (SSSR count). The SMILES string of the molecule is O=C(CC(CCCNC(=O)OCc1ccccc1)NC(=O)OCc1ccccc1)NCCCNC(=O)OCc1ccccc1. The second kappa shape index (κ2) is 20.0. The van der Waals surface area contributed by atoms with Crippen molar-refractivity contribution in [1.82, 2.24) is 21.3 Å². The van der Waals surface area contributed by atoms with Crippen LogP contribution in [0.5, 0.6) is 0 Å². The lowest BCUT2D eigenvalue weighted by Crippen LogP contribution is -2.40. The summed E-state index contributed by atoms with van der Waals surface area (Å²) in [5, 5.41) is 10.9. The predicted octanol–water partition coefficient (Wildman–Crippen LogP) is 4.81. The van der Waals surface area contributed by atoms with Crippen LogP contribution in [0.3, 0.4) is 0 Å². The molecule has 0 saturated carbocycles. The number of hydrogen-bond acceptors (Lipinski definition) is 7. The van der Waals surface area contributed by atoms with Crippen molar-refractivity contribution in [3.05, 3.63) is 108 Å². The van der Waals surface area contributed by atoms with E-state index in [0.29, 0.717) is 38.9 Å². The normalized spacial score (nSPS) is 11.0. The molecule has 1 atom stereocenters. The van der Waals surface area contributed by atoms with Gasteiger partial charge in [-0.1, -0.05) is 91.0 Å². The van der Waals surface area contributed by atoms with Crippen LogP contribution in [0.4, 0.5) is 14.4 Å². The Kier molecular flexibility index (Phi) is 15.2. The Balaban J connectivity index is 1.35. The van der Waals surface area contributed by atoms with E-state index < -0.39 is 24.3 Å². The van der Waals surface area contributed by atoms with Crippen LogP contribution in [0.25, 0.3) is 0 Å². The number of amides is 4. The minimum absolute atomic E-state index is 0.0193. The van der Waals surface area contributed by atoms with E-state index in [1.165, 1.54) is 0 Å². The average Bonchev–Trinajstić information content (AvgIpc) is 3.05. The van der Waals surface area contributed by atoms with Crippen LogP contribution < -0.4 is 21.3 Å². The maximum Gasteiger partial charge on any atom is 0.407 e. The summed E-state index contributed by atoms with van der Waals surface area (Å²) in [6.07, 6.45) is -0.287. The van der Waals surface area contributed by atoms with Gasteiger partial charge in [-0.15, -0.1) is 0 Å². The minimum atomic E-state index is -0.639. The summed E-state index contributed by atoms with van der Waals surface area (Å²) in [5.74, 6) is -0.264. The first-order valence-corrected chi connectivity index (χ1v) is 14.6. The lowest BCUT2D eigenvalue weighted by Gasteiger charge is -2.19. The largest absolute Gasteiger partial charge is 0.445 e. The lowest BCUT2D eigenvalue weighted by atomic mass is 10.1. The monoisotopic (exact) mass is 604 g/mol. The van der Waals surface area contributed by atoms with Crippen molar-refractivity contribution >= 4 is 24.2 Å². The van der Waals surface area contributed by atoms with Gasteiger partial charge in [-0.2, -0.15) is 0 Å². The molecule has 0 aliphatic rings. The van der Waals surface area contributed by atoms with Crippen LogP contribution in [-0.2, 0) is 38.8 Å². The van der Waals surface area contributed by atoms with Gasteiger partial charge in [0.25, 0.3) is 0 Å². The molecular weight excluding hydrogens is 564 g/mol. The molecule has 3 aromatic carbocycles. The summed E-state index contributed by atoms with van der Waals surface area (Å²) < 4.78 is 15.7. The molecule has 0 fully saturated rings. The molecule has 0 saturated heterocycles. The smallest absolute Gasteiger partial charge is 0.407 e. The van der Waals surface area contributed by atoms with Crippen molar-refractivity contribution < 1.29 is 33.4 Å². The molecule has 3 aromatic rings. The van der Waals surface area contributed by atoms with Crippen molar-refractivity contribution in [2.45, 2.75) is 51.5 Å². The Hall–Kier alpha value is -5.06. The van der Waals surface area contributed by atoms with E-state index in [0.717, 1.165) is 16.7 Å². The van der Waals surface area contributed by atoms with Crippen LogP contribution >= 0.6 is 0 Å². The van der Waals surface area contributed by atoms with Crippen molar-refractivity contribution in [2.24, 2.45) is 0 Å². The van der Waals surface area contributed by atoms with E-state index in [-0.39, 0.29) is 32.1 Å². The second-order valence-electron chi connectivity index (χ2n) is 9.93. The van der Waals surface area contributed by atoms with Gasteiger partial charge in [0, 0.05) is 32.1 Å². The summed E-state index contributed by atoms with van der Waals surface area (Å²) in [6.45, 7) is 1.40.